The van der Waals surface area contributed by atoms with E-state index in [4.69, 9.17) is 10.5 Å². The number of ether oxygens (including phenoxy) is 1. The Morgan fingerprint density at radius 3 is 2.39 bits per heavy atom. The van der Waals surface area contributed by atoms with Crippen molar-refractivity contribution < 1.29 is 9.53 Å². The molecule has 0 spiro atoms. The van der Waals surface area contributed by atoms with Gasteiger partial charge in [-0.3, -0.25) is 9.88 Å². The summed E-state index contributed by atoms with van der Waals surface area (Å²) >= 11 is 0. The third kappa shape index (κ3) is 3.21. The normalized spacial score (nSPS) is 24.8. The molecule has 0 radical (unpaired) electrons. The summed E-state index contributed by atoms with van der Waals surface area (Å²) in [5.74, 6) is 1.12. The van der Waals surface area contributed by atoms with Crippen molar-refractivity contribution in [3.05, 3.63) is 42.7 Å². The molecule has 2 aromatic rings. The van der Waals surface area contributed by atoms with E-state index in [0.29, 0.717) is 29.3 Å². The second-order valence-corrected chi connectivity index (χ2v) is 8.04. The largest absolute Gasteiger partial charge is 0.397 e. The smallest absolute Gasteiger partial charge is 0.321 e. The van der Waals surface area contributed by atoms with Gasteiger partial charge in [0.2, 0.25) is 0 Å². The Morgan fingerprint density at radius 1 is 1.04 bits per heavy atom. The number of anilines is 2. The maximum Gasteiger partial charge on any atom is 0.321 e. The van der Waals surface area contributed by atoms with Crippen LogP contribution in [0.1, 0.15) is 0 Å². The molecule has 2 atom stereocenters. The van der Waals surface area contributed by atoms with E-state index in [1.165, 1.54) is 0 Å². The minimum Gasteiger partial charge on any atom is -0.397 e. The first kappa shape index (κ1) is 17.5. The van der Waals surface area contributed by atoms with Gasteiger partial charge in [-0.1, -0.05) is 6.07 Å². The third-order valence-corrected chi connectivity index (χ3v) is 6.25. The standard InChI is InChI=1S/C21H25N5O2/c22-19-2-1-15(14-3-5-23-6-4-14)7-20(19)24-21(27)26-10-16-8-25(9-17(16)11-26)18-12-28-13-18/h1-7,16-18H,8-13,22H2,(H,24,27). The summed E-state index contributed by atoms with van der Waals surface area (Å²) in [7, 11) is 0. The Balaban J connectivity index is 1.24. The van der Waals surface area contributed by atoms with Gasteiger partial charge in [0.25, 0.3) is 0 Å². The number of amides is 2. The van der Waals surface area contributed by atoms with Crippen LogP contribution in [0.25, 0.3) is 11.1 Å². The maximum absolute atomic E-state index is 12.8. The highest BCUT2D eigenvalue weighted by atomic mass is 16.5. The first-order chi connectivity index (χ1) is 13.7. The topological polar surface area (TPSA) is 83.7 Å². The number of carbonyl (C=O) groups is 1. The molecule has 28 heavy (non-hydrogen) atoms. The molecule has 4 heterocycles. The number of benzene rings is 1. The van der Waals surface area contributed by atoms with E-state index in [2.05, 4.69) is 15.2 Å². The van der Waals surface area contributed by atoms with E-state index in [-0.39, 0.29) is 6.03 Å². The summed E-state index contributed by atoms with van der Waals surface area (Å²) in [6.07, 6.45) is 3.51. The Morgan fingerprint density at radius 2 is 1.75 bits per heavy atom. The highest BCUT2D eigenvalue weighted by molar-refractivity contribution is 5.94. The SMILES string of the molecule is Nc1ccc(-c2ccncc2)cc1NC(=O)N1CC2CN(C3COC3)CC2C1. The van der Waals surface area contributed by atoms with Crippen molar-refractivity contribution in [2.45, 2.75) is 6.04 Å². The zero-order valence-corrected chi connectivity index (χ0v) is 15.8. The zero-order chi connectivity index (χ0) is 19.1. The van der Waals surface area contributed by atoms with Gasteiger partial charge in [-0.25, -0.2) is 4.79 Å². The monoisotopic (exact) mass is 379 g/mol. The number of nitrogen functional groups attached to an aromatic ring is 1. The number of nitrogens with zero attached hydrogens (tertiary/aromatic N) is 3. The molecule has 146 valence electrons. The molecule has 2 amide bonds. The second kappa shape index (κ2) is 7.07. The van der Waals surface area contributed by atoms with Gasteiger partial charge in [-0.2, -0.15) is 0 Å². The molecule has 2 unspecified atom stereocenters. The van der Waals surface area contributed by atoms with Crippen LogP contribution < -0.4 is 11.1 Å². The number of aromatic nitrogens is 1. The van der Waals surface area contributed by atoms with Crippen molar-refractivity contribution in [1.82, 2.24) is 14.8 Å². The lowest BCUT2D eigenvalue weighted by molar-refractivity contribution is -0.0597. The molecule has 3 aliphatic heterocycles. The molecule has 0 saturated carbocycles. The fourth-order valence-corrected chi connectivity index (χ4v) is 4.51. The average molecular weight is 379 g/mol. The van der Waals surface area contributed by atoms with E-state index in [1.807, 2.05) is 35.2 Å². The van der Waals surface area contributed by atoms with Crippen LogP contribution in [0, 0.1) is 11.8 Å². The van der Waals surface area contributed by atoms with Gasteiger partial charge in [0.1, 0.15) is 0 Å². The number of hydrogen-bond acceptors (Lipinski definition) is 5. The molecule has 7 heteroatoms. The van der Waals surface area contributed by atoms with Crippen LogP contribution in [0.3, 0.4) is 0 Å². The van der Waals surface area contributed by atoms with Crippen LogP contribution in [0.2, 0.25) is 0 Å². The number of fused-ring (bicyclic) bond motifs is 1. The molecule has 5 rings (SSSR count). The summed E-state index contributed by atoms with van der Waals surface area (Å²) in [4.78, 5) is 21.4. The Bertz CT molecular complexity index is 856. The number of hydrogen-bond donors (Lipinski definition) is 2. The summed E-state index contributed by atoms with van der Waals surface area (Å²) in [6, 6.07) is 10.1. The van der Waals surface area contributed by atoms with Crippen molar-refractivity contribution in [3.63, 3.8) is 0 Å². The number of urea groups is 1. The van der Waals surface area contributed by atoms with Crippen molar-refractivity contribution in [2.24, 2.45) is 11.8 Å². The summed E-state index contributed by atoms with van der Waals surface area (Å²) in [5, 5.41) is 3.02. The van der Waals surface area contributed by atoms with Crippen molar-refractivity contribution in [2.75, 3.05) is 50.4 Å². The van der Waals surface area contributed by atoms with Gasteiger partial charge < -0.3 is 20.7 Å². The van der Waals surface area contributed by atoms with Crippen LogP contribution in [0.4, 0.5) is 16.2 Å². The number of likely N-dealkylation sites (tertiary alicyclic amines) is 2. The fourth-order valence-electron chi connectivity index (χ4n) is 4.51. The molecule has 3 saturated heterocycles. The number of nitrogens with two attached hydrogens (primary N) is 1. The molecule has 3 fully saturated rings. The maximum atomic E-state index is 12.8. The first-order valence-corrected chi connectivity index (χ1v) is 9.85. The molecule has 3 N–H and O–H groups in total. The minimum atomic E-state index is -0.0634. The third-order valence-electron chi connectivity index (χ3n) is 6.25. The highest BCUT2D eigenvalue weighted by Crippen LogP contribution is 2.34. The summed E-state index contributed by atoms with van der Waals surface area (Å²) < 4.78 is 5.32. The van der Waals surface area contributed by atoms with Crippen LogP contribution in [0.15, 0.2) is 42.7 Å². The van der Waals surface area contributed by atoms with Gasteiger partial charge in [-0.15, -0.1) is 0 Å². The average Bonchev–Trinajstić information content (AvgIpc) is 3.22. The summed E-state index contributed by atoms with van der Waals surface area (Å²) in [5.41, 5.74) is 9.39. The van der Waals surface area contributed by atoms with Gasteiger partial charge in [0, 0.05) is 38.6 Å². The van der Waals surface area contributed by atoms with Gasteiger partial charge in [-0.05, 0) is 47.2 Å². The van der Waals surface area contributed by atoms with Crippen LogP contribution >= 0.6 is 0 Å². The highest BCUT2D eigenvalue weighted by Gasteiger charge is 2.44. The minimum absolute atomic E-state index is 0.0634. The van der Waals surface area contributed by atoms with E-state index in [9.17, 15) is 4.79 Å². The lowest BCUT2D eigenvalue weighted by Gasteiger charge is -2.35. The quantitative estimate of drug-likeness (QED) is 0.798. The molecule has 0 bridgehead atoms. The van der Waals surface area contributed by atoms with E-state index in [1.54, 1.807) is 12.4 Å². The van der Waals surface area contributed by atoms with Gasteiger partial charge in [0.15, 0.2) is 0 Å². The lowest BCUT2D eigenvalue weighted by atomic mass is 10.0. The Hall–Kier alpha value is -2.64. The second-order valence-electron chi connectivity index (χ2n) is 8.04. The van der Waals surface area contributed by atoms with Crippen LogP contribution in [0.5, 0.6) is 0 Å². The summed E-state index contributed by atoms with van der Waals surface area (Å²) in [6.45, 7) is 5.48. The van der Waals surface area contributed by atoms with Crippen molar-refractivity contribution >= 4 is 17.4 Å². The molecular weight excluding hydrogens is 354 g/mol. The van der Waals surface area contributed by atoms with E-state index in [0.717, 1.165) is 50.5 Å². The van der Waals surface area contributed by atoms with Crippen LogP contribution in [-0.2, 0) is 4.74 Å². The van der Waals surface area contributed by atoms with E-state index < -0.39 is 0 Å². The van der Waals surface area contributed by atoms with E-state index >= 15 is 0 Å². The van der Waals surface area contributed by atoms with Gasteiger partial charge >= 0.3 is 6.03 Å². The zero-order valence-electron chi connectivity index (χ0n) is 15.8. The molecule has 1 aromatic carbocycles. The fraction of sp³-hybridized carbons (Fsp3) is 0.429. The Labute approximate surface area is 164 Å². The molecule has 7 nitrogen and oxygen atoms in total. The molecular formula is C21H25N5O2. The van der Waals surface area contributed by atoms with Crippen molar-refractivity contribution in [3.8, 4) is 11.1 Å². The Kier molecular flexibility index (Phi) is 4.41. The number of nitrogens with one attached hydrogen (secondary N) is 1. The first-order valence-electron chi connectivity index (χ1n) is 9.85. The van der Waals surface area contributed by atoms with Crippen LogP contribution in [-0.4, -0.2) is 66.2 Å². The van der Waals surface area contributed by atoms with Gasteiger partial charge in [0.05, 0.1) is 30.6 Å². The molecule has 3 aliphatic rings. The number of carbonyl (C=O) groups excluding carboxylic acids is 1. The predicted molar refractivity (Wildman–Crippen MR) is 108 cm³/mol. The van der Waals surface area contributed by atoms with Crippen molar-refractivity contribution in [1.29, 1.82) is 0 Å². The number of rotatable bonds is 3. The predicted octanol–water partition coefficient (Wildman–Crippen LogP) is 2.13. The molecule has 1 aromatic heterocycles. The number of pyridine rings is 1. The molecule has 0 aliphatic carbocycles. The lowest BCUT2D eigenvalue weighted by Crippen LogP contribution is -2.49.